The van der Waals surface area contributed by atoms with Crippen molar-refractivity contribution in [2.75, 3.05) is 0 Å². The van der Waals surface area contributed by atoms with Crippen molar-refractivity contribution in [3.63, 3.8) is 0 Å². The summed E-state index contributed by atoms with van der Waals surface area (Å²) in [6.07, 6.45) is 21.3. The second kappa shape index (κ2) is 35.2. The molecule has 0 N–H and O–H groups in total. The van der Waals surface area contributed by atoms with Crippen molar-refractivity contribution in [1.29, 1.82) is 0 Å². The van der Waals surface area contributed by atoms with E-state index in [-0.39, 0.29) is 0 Å². The van der Waals surface area contributed by atoms with Gasteiger partial charge in [0.15, 0.2) is 33.3 Å². The molecule has 0 aliphatic carbocycles. The number of hydrogen-bond donors (Lipinski definition) is 0. The van der Waals surface area contributed by atoms with Crippen LogP contribution in [-0.2, 0) is 49.3 Å². The van der Waals surface area contributed by atoms with Gasteiger partial charge in [0.05, 0.1) is 82.0 Å². The maximum atomic E-state index is 6.39. The summed E-state index contributed by atoms with van der Waals surface area (Å²) in [6.45, 7) is 35.8. The molecule has 0 radical (unpaired) electrons. The highest BCUT2D eigenvalue weighted by Gasteiger charge is 2.35. The molecule has 15 aromatic heterocycles. The Bertz CT molecular complexity index is 9000. The van der Waals surface area contributed by atoms with Gasteiger partial charge in [0.25, 0.3) is 29.1 Å². The molecule has 0 saturated heterocycles. The highest BCUT2D eigenvalue weighted by Crippen LogP contribution is 2.48. The maximum Gasteiger partial charge on any atom is 0.319 e. The Kier molecular flexibility index (Phi) is 22.9. The average Bonchev–Trinajstić information content (AvgIpc) is 1.58. The fraction of sp³-hybridized carbons (Fsp3) is 0.211. The topological polar surface area (TPSA) is 171 Å². The minimum absolute atomic E-state index is 0.485. The number of fused-ring (bicyclic) bond motifs is 15. The molecule has 0 unspecified atom stereocenters. The highest BCUT2D eigenvalue weighted by atomic mass is 32.2. The van der Waals surface area contributed by atoms with E-state index < -0.39 is 0 Å². The van der Waals surface area contributed by atoms with E-state index in [4.69, 9.17) is 32.6 Å². The van der Waals surface area contributed by atoms with Gasteiger partial charge in [0.1, 0.15) is 139 Å². The first kappa shape index (κ1) is 90.5. The van der Waals surface area contributed by atoms with Crippen LogP contribution in [0.2, 0.25) is 0 Å². The van der Waals surface area contributed by atoms with E-state index in [1.54, 1.807) is 22.7 Å². The van der Waals surface area contributed by atoms with Gasteiger partial charge in [-0.05, 0) is 213 Å². The SMILES string of the molecule is Cc1ccccc1-n1cc[n+](C)c1-c1c(C)ccc2c1oc1c2nc(C)n1C.Cc1ccccc1-n1cc[n+](C)c1-c1c(C)ccc2c1sc1c2nc(C)n1C.Cc1nc2c(o1)oc1cc(-c3n(-c4c(C)cccc4C)cc[n+]3C)c(C)cc12.Cc1nc2c(s1)sc1c(-c3n(-c4ccccc4C)cc[n+]3C)c(C)ccc12.Cc1nc2sc3c(-c4n(-c5c(C)cccc5C)cc[n+]4C)c(C)ccc3c2o1. The number of nitrogens with zero attached hydrogens (tertiary/aromatic N) is 17. The molecule has 15 heterocycles. The van der Waals surface area contributed by atoms with Gasteiger partial charge in [-0.25, -0.2) is 47.8 Å². The van der Waals surface area contributed by atoms with Crippen LogP contribution in [0.4, 0.5) is 0 Å². The number of imidazole rings is 7. The first-order valence-corrected chi connectivity index (χ1v) is 49.9. The van der Waals surface area contributed by atoms with Crippen LogP contribution in [0.15, 0.2) is 249 Å². The lowest BCUT2D eigenvalue weighted by molar-refractivity contribution is -0.659. The maximum absolute atomic E-state index is 6.39. The Labute approximate surface area is 821 Å². The molecule has 0 aliphatic heterocycles. The molecule has 25 rings (SSSR count). The number of aromatic nitrogens is 17. The summed E-state index contributed by atoms with van der Waals surface area (Å²) < 4.78 is 55.6. The predicted octanol–water partition coefficient (Wildman–Crippen LogP) is 25.9. The van der Waals surface area contributed by atoms with Crippen molar-refractivity contribution >= 4 is 150 Å². The average molecular weight is 1910 g/mol. The molecule has 25 aromatic rings. The van der Waals surface area contributed by atoms with Gasteiger partial charge in [0, 0.05) is 49.5 Å². The van der Waals surface area contributed by atoms with Crippen molar-refractivity contribution < 1.29 is 40.5 Å². The largest absolute Gasteiger partial charge is 0.439 e. The molecule has 0 amide bonds. The van der Waals surface area contributed by atoms with Gasteiger partial charge in [0.2, 0.25) is 5.71 Å². The molecular weight excluding hydrogens is 1800 g/mol. The molecule has 0 fully saturated rings. The van der Waals surface area contributed by atoms with E-state index in [0.717, 1.165) is 116 Å². The second-order valence-corrected chi connectivity index (χ2v) is 41.4. The fourth-order valence-electron chi connectivity index (χ4n) is 20.1. The molecule has 0 bridgehead atoms. The number of thiophene rings is 3. The van der Waals surface area contributed by atoms with E-state index in [1.807, 2.05) is 55.1 Å². The quantitative estimate of drug-likeness (QED) is 0.121. The summed E-state index contributed by atoms with van der Waals surface area (Å²) >= 11 is 7.21. The van der Waals surface area contributed by atoms with E-state index in [2.05, 4.69) is 431 Å². The smallest absolute Gasteiger partial charge is 0.319 e. The molecule has 25 heteroatoms. The first-order valence-electron chi connectivity index (χ1n) is 46.6. The number of hydrogen-bond acceptors (Lipinski definition) is 13. The summed E-state index contributed by atoms with van der Waals surface area (Å²) in [6, 6.07) is 60.1. The molecule has 0 saturated carbocycles. The zero-order valence-corrected chi connectivity index (χ0v) is 86.1. The van der Waals surface area contributed by atoms with E-state index in [0.29, 0.717) is 11.7 Å². The van der Waals surface area contributed by atoms with E-state index >= 15 is 0 Å². The number of benzene rings is 10. The van der Waals surface area contributed by atoms with Gasteiger partial charge in [-0.3, -0.25) is 0 Å². The van der Waals surface area contributed by atoms with Crippen LogP contribution in [0.3, 0.4) is 0 Å². The zero-order chi connectivity index (χ0) is 97.0. The van der Waals surface area contributed by atoms with Gasteiger partial charge in [-0.1, -0.05) is 127 Å². The fourth-order valence-corrected chi connectivity index (χ4v) is 25.2. The third-order valence-electron chi connectivity index (χ3n) is 27.3. The van der Waals surface area contributed by atoms with Crippen LogP contribution in [0, 0.1) is 118 Å². The van der Waals surface area contributed by atoms with Crippen molar-refractivity contribution in [2.24, 2.45) is 49.3 Å². The lowest BCUT2D eigenvalue weighted by atomic mass is 10.0. The Hall–Kier alpha value is -15.0. The Morgan fingerprint density at radius 2 is 0.712 bits per heavy atom. The monoisotopic (exact) mass is 1910 g/mol. The zero-order valence-electron chi connectivity index (χ0n) is 82.8. The van der Waals surface area contributed by atoms with Crippen LogP contribution in [0.5, 0.6) is 0 Å². The van der Waals surface area contributed by atoms with Crippen LogP contribution in [-0.4, -0.2) is 56.9 Å². The Morgan fingerprint density at radius 3 is 1.24 bits per heavy atom. The molecular formula is C114H110N17O4S4+5. The predicted molar refractivity (Wildman–Crippen MR) is 565 cm³/mol. The lowest BCUT2D eigenvalue weighted by Crippen LogP contribution is -2.29. The van der Waals surface area contributed by atoms with Crippen molar-refractivity contribution in [3.8, 4) is 85.4 Å². The van der Waals surface area contributed by atoms with Crippen LogP contribution in [0.25, 0.3) is 190 Å². The van der Waals surface area contributed by atoms with Crippen LogP contribution < -0.4 is 22.8 Å². The van der Waals surface area contributed by atoms with E-state index in [1.165, 1.54) is 158 Å². The highest BCUT2D eigenvalue weighted by molar-refractivity contribution is 7.41. The van der Waals surface area contributed by atoms with Gasteiger partial charge in [-0.2, -0.15) is 22.8 Å². The van der Waals surface area contributed by atoms with Gasteiger partial charge in [-0.15, -0.1) is 45.3 Å². The molecule has 0 spiro atoms. The Balaban J connectivity index is 0.000000103. The van der Waals surface area contributed by atoms with Crippen LogP contribution >= 0.6 is 45.3 Å². The number of aryl methyl sites for hydroxylation is 24. The lowest BCUT2D eigenvalue weighted by Gasteiger charge is -2.11. The number of rotatable bonds is 10. The third-order valence-corrected chi connectivity index (χ3v) is 32.0. The summed E-state index contributed by atoms with van der Waals surface area (Å²) in [5, 5.41) is 6.81. The van der Waals surface area contributed by atoms with E-state index in [9.17, 15) is 0 Å². The number of para-hydroxylation sites is 5. The molecule has 10 aromatic carbocycles. The first-order chi connectivity index (χ1) is 66.9. The van der Waals surface area contributed by atoms with Crippen molar-refractivity contribution in [2.45, 2.75) is 118 Å². The molecule has 0 aliphatic rings. The normalized spacial score (nSPS) is 11.7. The molecule has 139 heavy (non-hydrogen) atoms. The Morgan fingerprint density at radius 1 is 0.295 bits per heavy atom. The standard InChI is InChI=1S/C23H23N4O.C23H23N4S.C23H22N3O2.C23H22N3OS.C22H20N3S2/c2*1-14-8-6-7-9-18(14)27-13-12-25(4)22(27)19-15(2)10-11-17-20-23(28-21(17)19)26(5)16(3)24-20;1-13-7-6-8-14(2)21(13)26-10-9-25(5)22(26)17-12-19-18(11-15(17)3)20-23(28-19)27-16(4)24-20;1-13-9-10-17-20-22(24-16(4)27-20)28-21(17)18(13)23-25(5)11-12-26(23)19-14(2)7-6-8-15(19)3;1-13-7-5-6-8-17(13)25-12-11-24(4)21(25)18-14(2)9-10-16-19-22(27-20(16)18)26-15(3)23-19/h2*6-13H,1-5H3;2*6-12H,1-5H3;5-12H,1-4H3/q5*+1. The third kappa shape index (κ3) is 15.3. The summed E-state index contributed by atoms with van der Waals surface area (Å²) in [5.74, 6) is 9.59. The molecule has 0 atom stereocenters. The number of thiazole rings is 1. The second-order valence-electron chi connectivity index (χ2n) is 36.9. The minimum atomic E-state index is 0.485. The van der Waals surface area contributed by atoms with Gasteiger partial charge < -0.3 is 26.8 Å². The summed E-state index contributed by atoms with van der Waals surface area (Å²) in [5.41, 5.74) is 34.4. The molecule has 694 valence electrons. The van der Waals surface area contributed by atoms with Crippen LogP contribution in [0.1, 0.15) is 95.2 Å². The minimum Gasteiger partial charge on any atom is -0.439 e. The van der Waals surface area contributed by atoms with Crippen molar-refractivity contribution in [1.82, 2.24) is 56.9 Å². The number of oxazole rings is 2. The molecule has 21 nitrogen and oxygen atoms in total. The summed E-state index contributed by atoms with van der Waals surface area (Å²) in [7, 11) is 14.6. The van der Waals surface area contributed by atoms with Crippen molar-refractivity contribution in [3.05, 3.63) is 327 Å². The van der Waals surface area contributed by atoms with Gasteiger partial charge >= 0.3 is 5.78 Å². The summed E-state index contributed by atoms with van der Waals surface area (Å²) in [4.78, 5) is 25.6. The number of furan rings is 2.